The van der Waals surface area contributed by atoms with Crippen molar-refractivity contribution in [1.82, 2.24) is 0 Å². The summed E-state index contributed by atoms with van der Waals surface area (Å²) in [6.07, 6.45) is 7.66. The smallest absolute Gasteiger partial charge is 0.0246 e. The van der Waals surface area contributed by atoms with E-state index in [2.05, 4.69) is 13.8 Å². The molecule has 2 fully saturated rings. The van der Waals surface area contributed by atoms with E-state index in [-0.39, 0.29) is 0 Å². The second-order valence-electron chi connectivity index (χ2n) is 4.52. The van der Waals surface area contributed by atoms with Gasteiger partial charge in [-0.3, -0.25) is 0 Å². The third-order valence-corrected chi connectivity index (χ3v) is 3.82. The fourth-order valence-electron chi connectivity index (χ4n) is 2.70. The van der Waals surface area contributed by atoms with Crippen LogP contribution in [0, 0.1) is 17.3 Å². The molecule has 0 aromatic rings. The summed E-state index contributed by atoms with van der Waals surface area (Å²) >= 11 is 0. The largest absolute Gasteiger partial charge is 0.0622 e. The highest BCUT2D eigenvalue weighted by Crippen LogP contribution is 2.60. The average Bonchev–Trinajstić information content (AvgIpc) is 2.43. The van der Waals surface area contributed by atoms with Gasteiger partial charge in [-0.05, 0) is 42.9 Å². The molecule has 10 heavy (non-hydrogen) atoms. The SMILES string of the molecule is CC(C)C1(C2CC2)CCC1. The first-order chi connectivity index (χ1) is 4.76. The molecule has 2 rings (SSSR count). The van der Waals surface area contributed by atoms with Gasteiger partial charge in [0.15, 0.2) is 0 Å². The van der Waals surface area contributed by atoms with Crippen LogP contribution in [0.1, 0.15) is 46.0 Å². The molecule has 0 unspecified atom stereocenters. The Morgan fingerprint density at radius 2 is 1.80 bits per heavy atom. The highest BCUT2D eigenvalue weighted by molar-refractivity contribution is 5.00. The molecule has 0 radical (unpaired) electrons. The summed E-state index contributed by atoms with van der Waals surface area (Å²) in [5, 5.41) is 0. The fraction of sp³-hybridized carbons (Fsp3) is 1.00. The molecule has 58 valence electrons. The van der Waals surface area contributed by atoms with Crippen LogP contribution in [0.5, 0.6) is 0 Å². The van der Waals surface area contributed by atoms with E-state index in [0.29, 0.717) is 0 Å². The van der Waals surface area contributed by atoms with Gasteiger partial charge in [-0.1, -0.05) is 20.3 Å². The minimum absolute atomic E-state index is 0.833. The minimum Gasteiger partial charge on any atom is -0.0622 e. The van der Waals surface area contributed by atoms with Crippen LogP contribution in [-0.4, -0.2) is 0 Å². The normalized spacial score (nSPS) is 30.3. The van der Waals surface area contributed by atoms with E-state index in [0.717, 1.165) is 17.3 Å². The summed E-state index contributed by atoms with van der Waals surface area (Å²) in [4.78, 5) is 0. The molecule has 0 spiro atoms. The van der Waals surface area contributed by atoms with Crippen molar-refractivity contribution in [2.24, 2.45) is 17.3 Å². The molecule has 0 aliphatic heterocycles. The van der Waals surface area contributed by atoms with E-state index in [1.54, 1.807) is 0 Å². The van der Waals surface area contributed by atoms with Crippen LogP contribution in [0.4, 0.5) is 0 Å². The van der Waals surface area contributed by atoms with Crippen molar-refractivity contribution < 1.29 is 0 Å². The van der Waals surface area contributed by atoms with E-state index in [9.17, 15) is 0 Å². The standard InChI is InChI=1S/C10H18/c1-8(2)10(6-3-7-10)9-4-5-9/h8-9H,3-7H2,1-2H3. The Kier molecular flexibility index (Phi) is 1.33. The van der Waals surface area contributed by atoms with Gasteiger partial charge in [-0.25, -0.2) is 0 Å². The second-order valence-corrected chi connectivity index (χ2v) is 4.52. The van der Waals surface area contributed by atoms with E-state index >= 15 is 0 Å². The van der Waals surface area contributed by atoms with Crippen molar-refractivity contribution in [2.45, 2.75) is 46.0 Å². The van der Waals surface area contributed by atoms with Gasteiger partial charge in [0.05, 0.1) is 0 Å². The summed E-state index contributed by atoms with van der Waals surface area (Å²) in [6.45, 7) is 4.83. The van der Waals surface area contributed by atoms with Crippen LogP contribution in [-0.2, 0) is 0 Å². The lowest BCUT2D eigenvalue weighted by atomic mass is 9.59. The molecule has 2 aliphatic rings. The maximum absolute atomic E-state index is 2.41. The van der Waals surface area contributed by atoms with E-state index in [1.807, 2.05) is 0 Å². The molecular weight excluding hydrogens is 120 g/mol. The first kappa shape index (κ1) is 6.69. The Morgan fingerprint density at radius 3 is 1.90 bits per heavy atom. The molecule has 0 saturated heterocycles. The van der Waals surface area contributed by atoms with Crippen molar-refractivity contribution in [1.29, 1.82) is 0 Å². The Hall–Kier alpha value is 0. The van der Waals surface area contributed by atoms with Crippen molar-refractivity contribution >= 4 is 0 Å². The molecule has 2 saturated carbocycles. The number of hydrogen-bond acceptors (Lipinski definition) is 0. The summed E-state index contributed by atoms with van der Waals surface area (Å²) in [5.74, 6) is 2.09. The van der Waals surface area contributed by atoms with Crippen LogP contribution >= 0.6 is 0 Å². The third-order valence-electron chi connectivity index (χ3n) is 3.82. The lowest BCUT2D eigenvalue weighted by Crippen LogP contribution is -2.36. The first-order valence-electron chi connectivity index (χ1n) is 4.76. The molecular formula is C10H18. The zero-order valence-corrected chi connectivity index (χ0v) is 7.19. The maximum Gasteiger partial charge on any atom is -0.0246 e. The Bertz CT molecular complexity index is 123. The van der Waals surface area contributed by atoms with Crippen LogP contribution < -0.4 is 0 Å². The van der Waals surface area contributed by atoms with Gasteiger partial charge >= 0.3 is 0 Å². The van der Waals surface area contributed by atoms with E-state index in [1.165, 1.54) is 32.1 Å². The van der Waals surface area contributed by atoms with Crippen LogP contribution in [0.15, 0.2) is 0 Å². The highest BCUT2D eigenvalue weighted by atomic mass is 14.5. The molecule has 0 bridgehead atoms. The van der Waals surface area contributed by atoms with Gasteiger partial charge in [0.1, 0.15) is 0 Å². The van der Waals surface area contributed by atoms with Crippen molar-refractivity contribution in [3.63, 3.8) is 0 Å². The first-order valence-corrected chi connectivity index (χ1v) is 4.76. The predicted molar refractivity (Wildman–Crippen MR) is 43.8 cm³/mol. The summed E-state index contributed by atoms with van der Waals surface area (Å²) < 4.78 is 0. The quantitative estimate of drug-likeness (QED) is 0.549. The lowest BCUT2D eigenvalue weighted by Gasteiger charge is -2.46. The molecule has 0 amide bonds. The van der Waals surface area contributed by atoms with E-state index < -0.39 is 0 Å². The fourth-order valence-corrected chi connectivity index (χ4v) is 2.70. The summed E-state index contributed by atoms with van der Waals surface area (Å²) in [5.41, 5.74) is 0.833. The maximum atomic E-state index is 2.41. The van der Waals surface area contributed by atoms with Gasteiger partial charge in [-0.2, -0.15) is 0 Å². The van der Waals surface area contributed by atoms with Crippen molar-refractivity contribution in [2.75, 3.05) is 0 Å². The number of rotatable bonds is 2. The highest BCUT2D eigenvalue weighted by Gasteiger charge is 2.50. The van der Waals surface area contributed by atoms with Crippen molar-refractivity contribution in [3.05, 3.63) is 0 Å². The summed E-state index contributed by atoms with van der Waals surface area (Å²) in [6, 6.07) is 0. The van der Waals surface area contributed by atoms with E-state index in [4.69, 9.17) is 0 Å². The molecule has 0 nitrogen and oxygen atoms in total. The minimum atomic E-state index is 0.833. The monoisotopic (exact) mass is 138 g/mol. The lowest BCUT2D eigenvalue weighted by molar-refractivity contribution is 0.0408. The molecule has 0 heteroatoms. The van der Waals surface area contributed by atoms with Crippen LogP contribution in [0.2, 0.25) is 0 Å². The second kappa shape index (κ2) is 1.99. The zero-order chi connectivity index (χ0) is 7.19. The average molecular weight is 138 g/mol. The van der Waals surface area contributed by atoms with Crippen molar-refractivity contribution in [3.8, 4) is 0 Å². The molecule has 0 aromatic heterocycles. The van der Waals surface area contributed by atoms with Gasteiger partial charge in [0.2, 0.25) is 0 Å². The molecule has 2 aliphatic carbocycles. The van der Waals surface area contributed by atoms with Gasteiger partial charge in [0.25, 0.3) is 0 Å². The third kappa shape index (κ3) is 0.741. The summed E-state index contributed by atoms with van der Waals surface area (Å²) in [7, 11) is 0. The molecule has 0 aromatic carbocycles. The zero-order valence-electron chi connectivity index (χ0n) is 7.19. The molecule has 0 heterocycles. The number of hydrogen-bond donors (Lipinski definition) is 0. The molecule has 0 N–H and O–H groups in total. The Balaban J connectivity index is 2.05. The van der Waals surface area contributed by atoms with Crippen LogP contribution in [0.25, 0.3) is 0 Å². The predicted octanol–water partition coefficient (Wildman–Crippen LogP) is 3.22. The molecule has 0 atom stereocenters. The topological polar surface area (TPSA) is 0 Å². The Labute approximate surface area is 64.0 Å². The van der Waals surface area contributed by atoms with Crippen LogP contribution in [0.3, 0.4) is 0 Å². The van der Waals surface area contributed by atoms with Gasteiger partial charge in [0, 0.05) is 0 Å². The van der Waals surface area contributed by atoms with Gasteiger partial charge < -0.3 is 0 Å². The van der Waals surface area contributed by atoms with Gasteiger partial charge in [-0.15, -0.1) is 0 Å². The Morgan fingerprint density at radius 1 is 1.20 bits per heavy atom.